The molecule has 1 unspecified atom stereocenters. The van der Waals surface area contributed by atoms with Gasteiger partial charge in [0.2, 0.25) is 10.0 Å². The highest BCUT2D eigenvalue weighted by Gasteiger charge is 2.15. The van der Waals surface area contributed by atoms with Crippen molar-refractivity contribution in [2.75, 3.05) is 19.3 Å². The van der Waals surface area contributed by atoms with Crippen molar-refractivity contribution in [1.82, 2.24) is 15.0 Å². The van der Waals surface area contributed by atoms with Crippen molar-refractivity contribution in [2.45, 2.75) is 19.4 Å². The minimum Gasteiger partial charge on any atom is -0.320 e. The quantitative estimate of drug-likeness (QED) is 0.704. The van der Waals surface area contributed by atoms with Crippen LogP contribution in [0.1, 0.15) is 25.1 Å². The summed E-state index contributed by atoms with van der Waals surface area (Å²) in [6, 6.07) is 5.16. The molecule has 0 amide bonds. The van der Waals surface area contributed by atoms with Crippen LogP contribution in [0.15, 0.2) is 24.4 Å². The Bertz CT molecular complexity index is 420. The van der Waals surface area contributed by atoms with E-state index >= 15 is 0 Å². The van der Waals surface area contributed by atoms with Gasteiger partial charge in [0.25, 0.3) is 0 Å². The summed E-state index contributed by atoms with van der Waals surface area (Å²) < 4.78 is 26.1. The Morgan fingerprint density at radius 2 is 2.18 bits per heavy atom. The van der Waals surface area contributed by atoms with Crippen LogP contribution < -0.4 is 10.0 Å². The van der Waals surface area contributed by atoms with Gasteiger partial charge < -0.3 is 5.32 Å². The molecule has 6 heteroatoms. The molecule has 0 aliphatic heterocycles. The summed E-state index contributed by atoms with van der Waals surface area (Å²) >= 11 is 0. The summed E-state index contributed by atoms with van der Waals surface area (Å²) in [6.07, 6.45) is 2.25. The normalized spacial score (nSPS) is 13.5. The van der Waals surface area contributed by atoms with Gasteiger partial charge in [-0.3, -0.25) is 4.98 Å². The molecule has 1 heterocycles. The van der Waals surface area contributed by atoms with Gasteiger partial charge in [-0.2, -0.15) is 0 Å². The molecule has 0 bridgehead atoms. The van der Waals surface area contributed by atoms with E-state index in [4.69, 9.17) is 0 Å². The van der Waals surface area contributed by atoms with Crippen LogP contribution in [0.25, 0.3) is 0 Å². The highest BCUT2D eigenvalue weighted by molar-refractivity contribution is 7.89. The second-order valence-electron chi connectivity index (χ2n) is 3.87. The number of nitrogens with one attached hydrogen (secondary N) is 2. The Balaban J connectivity index is 2.53. The molecule has 0 fully saturated rings. The SMILES string of the molecule is CNCCCS(=O)(=O)NC(C)c1ccccn1. The van der Waals surface area contributed by atoms with E-state index in [0.29, 0.717) is 13.0 Å². The first-order valence-electron chi connectivity index (χ1n) is 5.60. The molecular weight excluding hydrogens is 238 g/mol. The molecule has 17 heavy (non-hydrogen) atoms. The van der Waals surface area contributed by atoms with Gasteiger partial charge in [0.05, 0.1) is 17.5 Å². The van der Waals surface area contributed by atoms with Gasteiger partial charge in [-0.25, -0.2) is 13.1 Å². The van der Waals surface area contributed by atoms with Crippen LogP contribution in [0.4, 0.5) is 0 Å². The molecule has 96 valence electrons. The number of hydrogen-bond donors (Lipinski definition) is 2. The minimum atomic E-state index is -3.23. The van der Waals surface area contributed by atoms with Gasteiger partial charge in [0, 0.05) is 6.20 Å². The smallest absolute Gasteiger partial charge is 0.212 e. The van der Waals surface area contributed by atoms with Crippen molar-refractivity contribution in [3.05, 3.63) is 30.1 Å². The first-order valence-corrected chi connectivity index (χ1v) is 7.26. The van der Waals surface area contributed by atoms with Crippen molar-refractivity contribution in [1.29, 1.82) is 0 Å². The molecule has 0 saturated carbocycles. The van der Waals surface area contributed by atoms with Crippen LogP contribution in [-0.2, 0) is 10.0 Å². The molecule has 1 atom stereocenters. The molecule has 5 nitrogen and oxygen atoms in total. The Morgan fingerprint density at radius 3 is 2.76 bits per heavy atom. The zero-order valence-corrected chi connectivity index (χ0v) is 11.0. The van der Waals surface area contributed by atoms with Crippen LogP contribution >= 0.6 is 0 Å². The molecule has 0 aliphatic carbocycles. The predicted molar refractivity (Wildman–Crippen MR) is 68.1 cm³/mol. The van der Waals surface area contributed by atoms with Gasteiger partial charge in [0.1, 0.15) is 0 Å². The molecule has 0 aromatic carbocycles. The van der Waals surface area contributed by atoms with Crippen LogP contribution in [0.2, 0.25) is 0 Å². The van der Waals surface area contributed by atoms with Gasteiger partial charge in [-0.05, 0) is 39.1 Å². The van der Waals surface area contributed by atoms with Gasteiger partial charge in [-0.1, -0.05) is 6.07 Å². The third kappa shape index (κ3) is 5.25. The van der Waals surface area contributed by atoms with E-state index < -0.39 is 10.0 Å². The molecule has 0 radical (unpaired) electrons. The van der Waals surface area contributed by atoms with Gasteiger partial charge in [-0.15, -0.1) is 0 Å². The third-order valence-corrected chi connectivity index (χ3v) is 3.87. The molecule has 1 rings (SSSR count). The Morgan fingerprint density at radius 1 is 1.41 bits per heavy atom. The summed E-state index contributed by atoms with van der Waals surface area (Å²) in [6.45, 7) is 2.48. The third-order valence-electron chi connectivity index (χ3n) is 2.33. The van der Waals surface area contributed by atoms with Crippen molar-refractivity contribution in [3.8, 4) is 0 Å². The zero-order chi connectivity index (χ0) is 12.7. The number of sulfonamides is 1. The molecule has 1 aromatic rings. The maximum absolute atomic E-state index is 11.7. The lowest BCUT2D eigenvalue weighted by molar-refractivity contribution is 0.560. The maximum Gasteiger partial charge on any atom is 0.212 e. The summed E-state index contributed by atoms with van der Waals surface area (Å²) in [5.41, 5.74) is 0.727. The fourth-order valence-corrected chi connectivity index (χ4v) is 2.76. The standard InChI is InChI=1S/C11H19N3O2S/c1-10(11-6-3-4-8-13-11)14-17(15,16)9-5-7-12-2/h3-4,6,8,10,12,14H,5,7,9H2,1-2H3. The van der Waals surface area contributed by atoms with E-state index in [1.54, 1.807) is 32.3 Å². The average molecular weight is 257 g/mol. The minimum absolute atomic E-state index is 0.130. The number of aromatic nitrogens is 1. The molecule has 2 N–H and O–H groups in total. The molecular formula is C11H19N3O2S. The van der Waals surface area contributed by atoms with E-state index in [-0.39, 0.29) is 11.8 Å². The lowest BCUT2D eigenvalue weighted by Gasteiger charge is -2.13. The largest absolute Gasteiger partial charge is 0.320 e. The second-order valence-corrected chi connectivity index (χ2v) is 5.74. The van der Waals surface area contributed by atoms with Crippen molar-refractivity contribution >= 4 is 10.0 Å². The van der Waals surface area contributed by atoms with E-state index in [1.807, 2.05) is 6.07 Å². The number of nitrogens with zero attached hydrogens (tertiary/aromatic N) is 1. The van der Waals surface area contributed by atoms with Crippen molar-refractivity contribution < 1.29 is 8.42 Å². The van der Waals surface area contributed by atoms with Gasteiger partial charge in [0.15, 0.2) is 0 Å². The zero-order valence-electron chi connectivity index (χ0n) is 10.2. The lowest BCUT2D eigenvalue weighted by Crippen LogP contribution is -2.30. The number of pyridine rings is 1. The van der Waals surface area contributed by atoms with Crippen molar-refractivity contribution in [3.63, 3.8) is 0 Å². The number of rotatable bonds is 7. The topological polar surface area (TPSA) is 71.1 Å². The summed E-state index contributed by atoms with van der Waals surface area (Å²) in [7, 11) is -1.43. The highest BCUT2D eigenvalue weighted by atomic mass is 32.2. The van der Waals surface area contributed by atoms with Crippen LogP contribution in [-0.4, -0.2) is 32.7 Å². The van der Waals surface area contributed by atoms with Crippen LogP contribution in [0.3, 0.4) is 0 Å². The van der Waals surface area contributed by atoms with Crippen LogP contribution in [0, 0.1) is 0 Å². The second kappa shape index (κ2) is 6.68. The predicted octanol–water partition coefficient (Wildman–Crippen LogP) is 0.671. The average Bonchev–Trinajstić information content (AvgIpc) is 2.30. The lowest BCUT2D eigenvalue weighted by atomic mass is 10.2. The summed E-state index contributed by atoms with van der Waals surface area (Å²) in [4.78, 5) is 4.12. The Hall–Kier alpha value is -0.980. The Labute approximate surface area is 103 Å². The van der Waals surface area contributed by atoms with Crippen LogP contribution in [0.5, 0.6) is 0 Å². The maximum atomic E-state index is 11.7. The highest BCUT2D eigenvalue weighted by Crippen LogP contribution is 2.09. The molecule has 0 spiro atoms. The van der Waals surface area contributed by atoms with E-state index in [2.05, 4.69) is 15.0 Å². The van der Waals surface area contributed by atoms with E-state index in [1.165, 1.54) is 0 Å². The monoisotopic (exact) mass is 257 g/mol. The Kier molecular flexibility index (Phi) is 5.54. The molecule has 0 saturated heterocycles. The van der Waals surface area contributed by atoms with Gasteiger partial charge >= 0.3 is 0 Å². The first kappa shape index (κ1) is 14.1. The van der Waals surface area contributed by atoms with E-state index in [9.17, 15) is 8.42 Å². The first-order chi connectivity index (χ1) is 8.05. The summed E-state index contributed by atoms with van der Waals surface area (Å²) in [5, 5.41) is 2.92. The molecule has 1 aromatic heterocycles. The van der Waals surface area contributed by atoms with Crippen molar-refractivity contribution in [2.24, 2.45) is 0 Å². The fraction of sp³-hybridized carbons (Fsp3) is 0.545. The number of hydrogen-bond acceptors (Lipinski definition) is 4. The molecule has 0 aliphatic rings. The van der Waals surface area contributed by atoms with E-state index in [0.717, 1.165) is 5.69 Å². The fourth-order valence-electron chi connectivity index (χ4n) is 1.46. The summed E-state index contributed by atoms with van der Waals surface area (Å²) in [5.74, 6) is 0.130.